The monoisotopic (exact) mass is 312 g/mol. The van der Waals surface area contributed by atoms with Gasteiger partial charge >= 0.3 is 0 Å². The molecule has 21 heavy (non-hydrogen) atoms. The third kappa shape index (κ3) is 5.00. The van der Waals surface area contributed by atoms with E-state index in [0.717, 1.165) is 30.9 Å². The molecule has 7 heteroatoms. The zero-order valence-electron chi connectivity index (χ0n) is 13.0. The molecule has 1 atom stereocenters. The van der Waals surface area contributed by atoms with Crippen LogP contribution in [0.5, 0.6) is 0 Å². The molecule has 1 fully saturated rings. The number of ether oxygens (including phenoxy) is 1. The maximum atomic E-state index is 12.1. The number of carbonyl (C=O) groups excluding carboxylic acids is 1. The fraction of sp³-hybridized carbons (Fsp3) is 0.786. The van der Waals surface area contributed by atoms with E-state index in [4.69, 9.17) is 4.74 Å². The summed E-state index contributed by atoms with van der Waals surface area (Å²) < 4.78 is 7.30. The Morgan fingerprint density at radius 2 is 2.38 bits per heavy atom. The molecule has 2 heterocycles. The Balaban J connectivity index is 1.73. The van der Waals surface area contributed by atoms with Crippen LogP contribution in [0.15, 0.2) is 6.20 Å². The lowest BCUT2D eigenvalue weighted by atomic mass is 10.0. The highest BCUT2D eigenvalue weighted by atomic mass is 32.2. The van der Waals surface area contributed by atoms with Gasteiger partial charge in [0, 0.05) is 19.4 Å². The summed E-state index contributed by atoms with van der Waals surface area (Å²) in [5.41, 5.74) is 0.256. The summed E-state index contributed by atoms with van der Waals surface area (Å²) in [6.45, 7) is 4.73. The molecule has 2 rings (SSSR count). The van der Waals surface area contributed by atoms with E-state index in [0.29, 0.717) is 11.9 Å². The molecule has 1 unspecified atom stereocenters. The lowest BCUT2D eigenvalue weighted by Crippen LogP contribution is -2.42. The molecule has 1 aromatic heterocycles. The standard InChI is InChI=1S/C14H24N4O2S/c1-14(2,12-8-18(3)17-16-12)15-13(19)10-21-9-11-6-4-5-7-20-11/h8,11H,4-7,9-10H2,1-3H3,(H,15,19). The van der Waals surface area contributed by atoms with Crippen molar-refractivity contribution in [1.29, 1.82) is 0 Å². The lowest BCUT2D eigenvalue weighted by molar-refractivity contribution is -0.120. The van der Waals surface area contributed by atoms with Gasteiger partial charge in [0.05, 0.1) is 23.6 Å². The molecule has 0 radical (unpaired) electrons. The number of amides is 1. The Bertz CT molecular complexity index is 469. The number of hydrogen-bond acceptors (Lipinski definition) is 5. The molecule has 1 saturated heterocycles. The van der Waals surface area contributed by atoms with Crippen LogP contribution in [0.1, 0.15) is 38.8 Å². The van der Waals surface area contributed by atoms with Gasteiger partial charge in [0.1, 0.15) is 5.69 Å². The van der Waals surface area contributed by atoms with Crippen molar-refractivity contribution in [2.24, 2.45) is 7.05 Å². The van der Waals surface area contributed by atoms with Crippen molar-refractivity contribution in [2.45, 2.75) is 44.8 Å². The highest BCUT2D eigenvalue weighted by Gasteiger charge is 2.26. The molecular formula is C14H24N4O2S. The number of hydrogen-bond donors (Lipinski definition) is 1. The molecule has 1 aliphatic rings. The number of aromatic nitrogens is 3. The van der Waals surface area contributed by atoms with E-state index in [9.17, 15) is 4.79 Å². The number of nitrogens with zero attached hydrogens (tertiary/aromatic N) is 3. The van der Waals surface area contributed by atoms with Crippen LogP contribution in [0, 0.1) is 0 Å². The average molecular weight is 312 g/mol. The summed E-state index contributed by atoms with van der Waals surface area (Å²) in [6.07, 6.45) is 5.64. The normalized spacial score (nSPS) is 19.5. The van der Waals surface area contributed by atoms with E-state index >= 15 is 0 Å². The topological polar surface area (TPSA) is 69.0 Å². The third-order valence-corrected chi connectivity index (χ3v) is 4.58. The molecule has 1 N–H and O–H groups in total. The van der Waals surface area contributed by atoms with Crippen molar-refractivity contribution in [3.05, 3.63) is 11.9 Å². The maximum absolute atomic E-state index is 12.1. The number of aryl methyl sites for hydroxylation is 1. The number of rotatable bonds is 6. The summed E-state index contributed by atoms with van der Waals surface area (Å²) in [5, 5.41) is 11.0. The van der Waals surface area contributed by atoms with E-state index in [1.54, 1.807) is 16.4 Å². The van der Waals surface area contributed by atoms with Crippen LogP contribution in [0.4, 0.5) is 0 Å². The number of thioether (sulfide) groups is 1. The summed E-state index contributed by atoms with van der Waals surface area (Å²) in [4.78, 5) is 12.1. The summed E-state index contributed by atoms with van der Waals surface area (Å²) in [7, 11) is 1.81. The Hall–Kier alpha value is -1.08. The van der Waals surface area contributed by atoms with Gasteiger partial charge in [0.2, 0.25) is 5.91 Å². The fourth-order valence-corrected chi connectivity index (χ4v) is 3.21. The van der Waals surface area contributed by atoms with Crippen LogP contribution < -0.4 is 5.32 Å². The van der Waals surface area contributed by atoms with E-state index in [-0.39, 0.29) is 5.91 Å². The van der Waals surface area contributed by atoms with Crippen molar-refractivity contribution in [3.8, 4) is 0 Å². The zero-order valence-corrected chi connectivity index (χ0v) is 13.8. The molecule has 0 bridgehead atoms. The first kappa shape index (κ1) is 16.3. The smallest absolute Gasteiger partial charge is 0.230 e. The van der Waals surface area contributed by atoms with Crippen molar-refractivity contribution < 1.29 is 9.53 Å². The second-order valence-electron chi connectivity index (χ2n) is 5.95. The Kier molecular flexibility index (Phi) is 5.64. The van der Waals surface area contributed by atoms with Crippen molar-refractivity contribution in [2.75, 3.05) is 18.1 Å². The minimum absolute atomic E-state index is 0.0199. The summed E-state index contributed by atoms with van der Waals surface area (Å²) in [5.74, 6) is 1.36. The van der Waals surface area contributed by atoms with Gasteiger partial charge in [-0.1, -0.05) is 5.21 Å². The second-order valence-corrected chi connectivity index (χ2v) is 6.98. The molecule has 6 nitrogen and oxygen atoms in total. The van der Waals surface area contributed by atoms with Gasteiger partial charge in [-0.3, -0.25) is 9.48 Å². The quantitative estimate of drug-likeness (QED) is 0.861. The molecule has 1 amide bonds. The zero-order chi connectivity index (χ0) is 15.3. The van der Waals surface area contributed by atoms with Crippen LogP contribution >= 0.6 is 11.8 Å². The largest absolute Gasteiger partial charge is 0.377 e. The van der Waals surface area contributed by atoms with E-state index in [1.807, 2.05) is 27.1 Å². The van der Waals surface area contributed by atoms with Gasteiger partial charge < -0.3 is 10.1 Å². The van der Waals surface area contributed by atoms with Crippen molar-refractivity contribution >= 4 is 17.7 Å². The van der Waals surface area contributed by atoms with Crippen LogP contribution in [0.25, 0.3) is 0 Å². The molecular weight excluding hydrogens is 288 g/mol. The molecule has 1 aliphatic heterocycles. The van der Waals surface area contributed by atoms with Crippen molar-refractivity contribution in [1.82, 2.24) is 20.3 Å². The second kappa shape index (κ2) is 7.26. The van der Waals surface area contributed by atoms with Crippen LogP contribution in [-0.2, 0) is 22.1 Å². The van der Waals surface area contributed by atoms with E-state index in [2.05, 4.69) is 15.6 Å². The number of carbonyl (C=O) groups is 1. The first-order chi connectivity index (χ1) is 9.97. The van der Waals surface area contributed by atoms with Gasteiger partial charge in [0.25, 0.3) is 0 Å². The first-order valence-electron chi connectivity index (χ1n) is 7.34. The predicted molar refractivity (Wildman–Crippen MR) is 83.1 cm³/mol. The predicted octanol–water partition coefficient (Wildman–Crippen LogP) is 1.47. The van der Waals surface area contributed by atoms with Crippen molar-refractivity contribution in [3.63, 3.8) is 0 Å². The molecule has 0 spiro atoms. The molecule has 0 saturated carbocycles. The van der Waals surface area contributed by atoms with E-state index in [1.165, 1.54) is 6.42 Å². The minimum atomic E-state index is -0.507. The summed E-state index contributed by atoms with van der Waals surface area (Å²) >= 11 is 1.63. The maximum Gasteiger partial charge on any atom is 0.230 e. The Morgan fingerprint density at radius 3 is 3.00 bits per heavy atom. The Morgan fingerprint density at radius 1 is 1.57 bits per heavy atom. The SMILES string of the molecule is Cn1cc(C(C)(C)NC(=O)CSCC2CCCCO2)nn1. The number of nitrogens with one attached hydrogen (secondary N) is 1. The van der Waals surface area contributed by atoms with Crippen LogP contribution in [-0.4, -0.2) is 45.1 Å². The molecule has 0 aliphatic carbocycles. The Labute approximate surface area is 130 Å². The van der Waals surface area contributed by atoms with Gasteiger partial charge in [-0.05, 0) is 33.1 Å². The van der Waals surface area contributed by atoms with E-state index < -0.39 is 5.54 Å². The molecule has 1 aromatic rings. The van der Waals surface area contributed by atoms with Crippen LogP contribution in [0.2, 0.25) is 0 Å². The highest BCUT2D eigenvalue weighted by molar-refractivity contribution is 7.99. The minimum Gasteiger partial charge on any atom is -0.377 e. The molecule has 0 aromatic carbocycles. The van der Waals surface area contributed by atoms with Gasteiger partial charge in [0.15, 0.2) is 0 Å². The molecule has 118 valence electrons. The average Bonchev–Trinajstić information content (AvgIpc) is 2.87. The highest BCUT2D eigenvalue weighted by Crippen LogP contribution is 2.19. The van der Waals surface area contributed by atoms with Gasteiger partial charge in [-0.15, -0.1) is 16.9 Å². The third-order valence-electron chi connectivity index (χ3n) is 3.51. The van der Waals surface area contributed by atoms with Gasteiger partial charge in [-0.2, -0.15) is 0 Å². The van der Waals surface area contributed by atoms with Crippen LogP contribution in [0.3, 0.4) is 0 Å². The first-order valence-corrected chi connectivity index (χ1v) is 8.50. The summed E-state index contributed by atoms with van der Waals surface area (Å²) in [6, 6.07) is 0. The fourth-order valence-electron chi connectivity index (χ4n) is 2.30. The van der Waals surface area contributed by atoms with Gasteiger partial charge in [-0.25, -0.2) is 0 Å². The lowest BCUT2D eigenvalue weighted by Gasteiger charge is -2.24.